The Labute approximate surface area is 218 Å². The van der Waals surface area contributed by atoms with E-state index in [4.69, 9.17) is 30.4 Å². The van der Waals surface area contributed by atoms with Gasteiger partial charge in [0.2, 0.25) is 0 Å². The van der Waals surface area contributed by atoms with Gasteiger partial charge in [0.1, 0.15) is 24.2 Å². The molecule has 1 aliphatic rings. The number of aryl methyl sites for hydroxylation is 1. The minimum atomic E-state index is -3.20. The van der Waals surface area contributed by atoms with Crippen LogP contribution in [0.4, 0.5) is 0 Å². The average molecular weight is 531 g/mol. The largest absolute Gasteiger partial charge is 0.506 e. The monoisotopic (exact) mass is 530 g/mol. The molecule has 1 aromatic heterocycles. The van der Waals surface area contributed by atoms with E-state index in [-0.39, 0.29) is 24.1 Å². The zero-order valence-electron chi connectivity index (χ0n) is 21.4. The Balaban J connectivity index is 1.49. The molecule has 1 saturated heterocycles. The summed E-state index contributed by atoms with van der Waals surface area (Å²) in [5, 5.41) is 10.7. The summed E-state index contributed by atoms with van der Waals surface area (Å²) in [4.78, 5) is 15.8. The molecule has 2 N–H and O–H groups in total. The van der Waals surface area contributed by atoms with E-state index in [1.807, 2.05) is 64.1 Å². The Morgan fingerprint density at radius 3 is 2.64 bits per heavy atom. The van der Waals surface area contributed by atoms with Gasteiger partial charge < -0.3 is 9.84 Å². The van der Waals surface area contributed by atoms with Crippen LogP contribution in [0.2, 0.25) is 5.02 Å². The molecule has 192 valence electrons. The summed E-state index contributed by atoms with van der Waals surface area (Å²) in [7, 11) is -3.20. The summed E-state index contributed by atoms with van der Waals surface area (Å²) in [6.07, 6.45) is 0.946. The number of hydrogen-bond donors (Lipinski definition) is 2. The van der Waals surface area contributed by atoms with Gasteiger partial charge >= 0.3 is 7.94 Å². The van der Waals surface area contributed by atoms with Gasteiger partial charge in [-0.1, -0.05) is 37.6 Å². The molecule has 0 radical (unpaired) electrons. The summed E-state index contributed by atoms with van der Waals surface area (Å²) < 4.78 is 17.8. The van der Waals surface area contributed by atoms with Crippen LogP contribution in [0.5, 0.6) is 11.5 Å². The number of ether oxygens (including phenoxy) is 1. The van der Waals surface area contributed by atoms with Crippen molar-refractivity contribution in [2.45, 2.75) is 59.5 Å². The fraction of sp³-hybridized carbons (Fsp3) is 0.393. The molecule has 0 saturated carbocycles. The first kappa shape index (κ1) is 26.8. The van der Waals surface area contributed by atoms with Gasteiger partial charge in [-0.05, 0) is 84.8 Å². The standard InChI is InChI=1S/C28H33ClNO5P/c1-17(2)28-25(31)10-9-23(30-28)15-24-18(3)13-27(20(5)19(24)4)33-16-36(32)34-12-11-26(35-36)21-7-6-8-22(29)14-21/h6-10,13-14,17,26,32H,11-12,15-16H2,1-5H3/p+1. The topological polar surface area (TPSA) is 81.0 Å². The highest BCUT2D eigenvalue weighted by Gasteiger charge is 2.49. The summed E-state index contributed by atoms with van der Waals surface area (Å²) >= 11 is 6.14. The molecule has 0 amide bonds. The van der Waals surface area contributed by atoms with Crippen molar-refractivity contribution in [2.24, 2.45) is 0 Å². The number of benzene rings is 2. The lowest BCUT2D eigenvalue weighted by Gasteiger charge is -2.28. The maximum absolute atomic E-state index is 11.1. The lowest BCUT2D eigenvalue weighted by atomic mass is 9.93. The van der Waals surface area contributed by atoms with Gasteiger partial charge in [0, 0.05) is 23.6 Å². The average Bonchev–Trinajstić information content (AvgIpc) is 2.84. The summed E-state index contributed by atoms with van der Waals surface area (Å²) in [5.41, 5.74) is 6.88. The van der Waals surface area contributed by atoms with E-state index in [9.17, 15) is 10.00 Å². The first-order valence-electron chi connectivity index (χ1n) is 12.2. The molecule has 0 bridgehead atoms. The second-order valence-corrected chi connectivity index (χ2v) is 12.1. The van der Waals surface area contributed by atoms with E-state index < -0.39 is 7.94 Å². The van der Waals surface area contributed by atoms with E-state index in [0.717, 1.165) is 27.9 Å². The minimum Gasteiger partial charge on any atom is -0.506 e. The SMILES string of the molecule is Cc1cc(OC[P+]2(O)OCCC(c3cccc(Cl)c3)O2)c(C)c(C)c1Cc1ccc(O)c(C(C)C)n1. The maximum atomic E-state index is 11.1. The van der Waals surface area contributed by atoms with Crippen molar-refractivity contribution in [3.05, 3.63) is 86.7 Å². The molecular weight excluding hydrogens is 497 g/mol. The highest BCUT2D eigenvalue weighted by atomic mass is 35.5. The van der Waals surface area contributed by atoms with Crippen molar-refractivity contribution < 1.29 is 23.8 Å². The second kappa shape index (κ2) is 11.0. The van der Waals surface area contributed by atoms with Crippen LogP contribution in [0.3, 0.4) is 0 Å². The van der Waals surface area contributed by atoms with Crippen molar-refractivity contribution >= 4 is 19.5 Å². The molecule has 8 heteroatoms. The molecule has 4 rings (SSSR count). The number of aromatic hydroxyl groups is 1. The van der Waals surface area contributed by atoms with Crippen molar-refractivity contribution in [1.82, 2.24) is 4.98 Å². The Morgan fingerprint density at radius 1 is 1.14 bits per heavy atom. The predicted molar refractivity (Wildman–Crippen MR) is 144 cm³/mol. The first-order valence-corrected chi connectivity index (χ1v) is 14.3. The Kier molecular flexibility index (Phi) is 8.23. The van der Waals surface area contributed by atoms with E-state index in [1.54, 1.807) is 6.07 Å². The summed E-state index contributed by atoms with van der Waals surface area (Å²) in [6.45, 7) is 10.6. The Bertz CT molecular complexity index is 1250. The van der Waals surface area contributed by atoms with Gasteiger partial charge in [0.15, 0.2) is 0 Å². The number of hydrogen-bond acceptors (Lipinski definition) is 6. The van der Waals surface area contributed by atoms with E-state index in [1.165, 1.54) is 5.56 Å². The fourth-order valence-corrected chi connectivity index (χ4v) is 6.19. The van der Waals surface area contributed by atoms with Crippen molar-refractivity contribution in [3.8, 4) is 11.5 Å². The minimum absolute atomic E-state index is 0.0552. The molecule has 1 aliphatic heterocycles. The van der Waals surface area contributed by atoms with Crippen LogP contribution in [-0.4, -0.2) is 27.9 Å². The highest BCUT2D eigenvalue weighted by molar-refractivity contribution is 7.60. The van der Waals surface area contributed by atoms with Crippen LogP contribution >= 0.6 is 19.5 Å². The van der Waals surface area contributed by atoms with Crippen molar-refractivity contribution in [2.75, 3.05) is 13.0 Å². The molecular formula is C28H34ClNO5P+. The molecule has 0 spiro atoms. The summed E-state index contributed by atoms with van der Waals surface area (Å²) in [6, 6.07) is 13.1. The second-order valence-electron chi connectivity index (χ2n) is 9.64. The molecule has 6 nitrogen and oxygen atoms in total. The number of pyridine rings is 1. The van der Waals surface area contributed by atoms with Crippen LogP contribution < -0.4 is 4.74 Å². The van der Waals surface area contributed by atoms with Crippen molar-refractivity contribution in [3.63, 3.8) is 0 Å². The van der Waals surface area contributed by atoms with Crippen LogP contribution in [0, 0.1) is 20.8 Å². The molecule has 2 unspecified atom stereocenters. The van der Waals surface area contributed by atoms with E-state index >= 15 is 0 Å². The first-order chi connectivity index (χ1) is 17.1. The third-order valence-corrected chi connectivity index (χ3v) is 8.50. The van der Waals surface area contributed by atoms with Crippen molar-refractivity contribution in [1.29, 1.82) is 0 Å². The van der Waals surface area contributed by atoms with E-state index in [0.29, 0.717) is 35.9 Å². The number of halogens is 1. The van der Waals surface area contributed by atoms with Gasteiger partial charge in [0.05, 0.1) is 5.69 Å². The smallest absolute Gasteiger partial charge is 0.449 e. The van der Waals surface area contributed by atoms with Gasteiger partial charge in [-0.3, -0.25) is 4.98 Å². The predicted octanol–water partition coefficient (Wildman–Crippen LogP) is 7.35. The van der Waals surface area contributed by atoms with Gasteiger partial charge in [0.25, 0.3) is 6.35 Å². The normalized spacial score (nSPS) is 20.1. The number of rotatable bonds is 7. The molecule has 36 heavy (non-hydrogen) atoms. The number of aromatic nitrogens is 1. The molecule has 2 heterocycles. The van der Waals surface area contributed by atoms with Gasteiger partial charge in [-0.2, -0.15) is 13.9 Å². The van der Waals surface area contributed by atoms with Crippen LogP contribution in [-0.2, 0) is 15.5 Å². The van der Waals surface area contributed by atoms with Gasteiger partial charge in [-0.25, -0.2) is 0 Å². The zero-order valence-corrected chi connectivity index (χ0v) is 23.1. The Morgan fingerprint density at radius 2 is 1.92 bits per heavy atom. The van der Waals surface area contributed by atoms with Crippen LogP contribution in [0.25, 0.3) is 0 Å². The van der Waals surface area contributed by atoms with Crippen LogP contribution in [0.15, 0.2) is 42.5 Å². The van der Waals surface area contributed by atoms with Crippen LogP contribution in [0.1, 0.15) is 71.5 Å². The van der Waals surface area contributed by atoms with Gasteiger partial charge in [-0.15, -0.1) is 0 Å². The molecule has 2 aromatic carbocycles. The Hall–Kier alpha value is -2.21. The highest BCUT2D eigenvalue weighted by Crippen LogP contribution is 2.63. The van der Waals surface area contributed by atoms with E-state index in [2.05, 4.69) is 6.92 Å². The molecule has 1 fully saturated rings. The third kappa shape index (κ3) is 6.01. The molecule has 2 atom stereocenters. The lowest BCUT2D eigenvalue weighted by Crippen LogP contribution is -2.21. The summed E-state index contributed by atoms with van der Waals surface area (Å²) in [5.74, 6) is 1.07. The molecule has 0 aliphatic carbocycles. The zero-order chi connectivity index (χ0) is 26.0. The maximum Gasteiger partial charge on any atom is 0.449 e. The quantitative estimate of drug-likeness (QED) is 0.311. The fourth-order valence-electron chi connectivity index (χ4n) is 4.47. The number of nitrogens with zero attached hydrogens (tertiary/aromatic N) is 1. The molecule has 3 aromatic rings. The third-order valence-electron chi connectivity index (χ3n) is 6.64. The lowest BCUT2D eigenvalue weighted by molar-refractivity contribution is 0.0518.